The van der Waals surface area contributed by atoms with E-state index in [1.54, 1.807) is 0 Å². The lowest BCUT2D eigenvalue weighted by Crippen LogP contribution is -2.20. The van der Waals surface area contributed by atoms with Crippen molar-refractivity contribution in [3.8, 4) is 11.1 Å². The summed E-state index contributed by atoms with van der Waals surface area (Å²) in [6.07, 6.45) is 1.26. The van der Waals surface area contributed by atoms with E-state index in [1.807, 2.05) is 0 Å². The van der Waals surface area contributed by atoms with Gasteiger partial charge >= 0.3 is 0 Å². The Morgan fingerprint density at radius 3 is 2.05 bits per heavy atom. The van der Waals surface area contributed by atoms with Crippen molar-refractivity contribution < 1.29 is 0 Å². The van der Waals surface area contributed by atoms with E-state index < -0.39 is 0 Å². The standard InChI is InChI=1S/C19H25N/c1-16(2)13-14-20(3)15-17-9-11-19(12-10-17)18-7-5-4-6-8-18/h4-12,16H,13-15H2,1-3H3. The average Bonchev–Trinajstić information content (AvgIpc) is 2.47. The normalized spacial score (nSPS) is 11.2. The lowest BCUT2D eigenvalue weighted by Gasteiger charge is -2.18. The molecule has 0 unspecified atom stereocenters. The summed E-state index contributed by atoms with van der Waals surface area (Å²) >= 11 is 0. The van der Waals surface area contributed by atoms with Crippen LogP contribution in [0.2, 0.25) is 0 Å². The van der Waals surface area contributed by atoms with Crippen LogP contribution >= 0.6 is 0 Å². The van der Waals surface area contributed by atoms with E-state index >= 15 is 0 Å². The van der Waals surface area contributed by atoms with Crippen LogP contribution in [0.15, 0.2) is 54.6 Å². The Bertz CT molecular complexity index is 499. The first-order valence-electron chi connectivity index (χ1n) is 7.48. The van der Waals surface area contributed by atoms with Crippen LogP contribution in [0, 0.1) is 5.92 Å². The van der Waals surface area contributed by atoms with E-state index in [1.165, 1.54) is 23.1 Å². The highest BCUT2D eigenvalue weighted by Crippen LogP contribution is 2.19. The Labute approximate surface area is 123 Å². The van der Waals surface area contributed by atoms with Crippen LogP contribution in [0.4, 0.5) is 0 Å². The van der Waals surface area contributed by atoms with E-state index in [2.05, 4.69) is 80.4 Å². The zero-order valence-electron chi connectivity index (χ0n) is 12.8. The highest BCUT2D eigenvalue weighted by molar-refractivity contribution is 5.63. The highest BCUT2D eigenvalue weighted by Gasteiger charge is 2.03. The second-order valence-corrected chi connectivity index (χ2v) is 5.98. The summed E-state index contributed by atoms with van der Waals surface area (Å²) in [5.41, 5.74) is 3.96. The van der Waals surface area contributed by atoms with Gasteiger partial charge in [-0.15, -0.1) is 0 Å². The Morgan fingerprint density at radius 1 is 0.850 bits per heavy atom. The van der Waals surface area contributed by atoms with Crippen molar-refractivity contribution in [3.05, 3.63) is 60.2 Å². The molecule has 0 radical (unpaired) electrons. The van der Waals surface area contributed by atoms with Crippen molar-refractivity contribution in [2.45, 2.75) is 26.8 Å². The quantitative estimate of drug-likeness (QED) is 0.724. The molecular weight excluding hydrogens is 242 g/mol. The monoisotopic (exact) mass is 267 g/mol. The molecule has 0 aliphatic heterocycles. The second-order valence-electron chi connectivity index (χ2n) is 5.98. The minimum atomic E-state index is 0.776. The SMILES string of the molecule is CC(C)CCN(C)Cc1ccc(-c2ccccc2)cc1. The first-order valence-corrected chi connectivity index (χ1v) is 7.48. The summed E-state index contributed by atoms with van der Waals surface area (Å²) in [5.74, 6) is 0.776. The fourth-order valence-electron chi connectivity index (χ4n) is 2.30. The predicted octanol–water partition coefficient (Wildman–Crippen LogP) is 4.83. The van der Waals surface area contributed by atoms with Gasteiger partial charge in [0, 0.05) is 6.54 Å². The maximum atomic E-state index is 2.40. The summed E-state index contributed by atoms with van der Waals surface area (Å²) in [5, 5.41) is 0. The molecule has 1 nitrogen and oxygen atoms in total. The predicted molar refractivity (Wildman–Crippen MR) is 87.7 cm³/mol. The van der Waals surface area contributed by atoms with Gasteiger partial charge in [-0.05, 0) is 42.6 Å². The Hall–Kier alpha value is -1.60. The molecule has 2 aromatic rings. The minimum absolute atomic E-state index is 0.776. The molecule has 0 aromatic heterocycles. The van der Waals surface area contributed by atoms with Crippen molar-refractivity contribution in [1.29, 1.82) is 0 Å². The maximum absolute atomic E-state index is 2.40. The number of hydrogen-bond acceptors (Lipinski definition) is 1. The van der Waals surface area contributed by atoms with Gasteiger partial charge in [-0.2, -0.15) is 0 Å². The van der Waals surface area contributed by atoms with Gasteiger partial charge < -0.3 is 4.90 Å². The molecule has 0 aliphatic carbocycles. The first-order chi connectivity index (χ1) is 9.65. The van der Waals surface area contributed by atoms with Crippen LogP contribution in [0.25, 0.3) is 11.1 Å². The molecule has 20 heavy (non-hydrogen) atoms. The van der Waals surface area contributed by atoms with Crippen molar-refractivity contribution in [2.75, 3.05) is 13.6 Å². The topological polar surface area (TPSA) is 3.24 Å². The molecule has 0 amide bonds. The third kappa shape index (κ3) is 4.50. The van der Waals surface area contributed by atoms with Gasteiger partial charge in [-0.3, -0.25) is 0 Å². The Kier molecular flexibility index (Phi) is 5.37. The van der Waals surface area contributed by atoms with E-state index in [0.717, 1.165) is 19.0 Å². The number of nitrogens with zero attached hydrogens (tertiary/aromatic N) is 1. The zero-order chi connectivity index (χ0) is 14.4. The third-order valence-electron chi connectivity index (χ3n) is 3.60. The molecule has 2 rings (SSSR count). The summed E-state index contributed by atoms with van der Waals surface area (Å²) in [7, 11) is 2.20. The van der Waals surface area contributed by atoms with Crippen LogP contribution in [-0.2, 0) is 6.54 Å². The van der Waals surface area contributed by atoms with Crippen LogP contribution < -0.4 is 0 Å². The smallest absolute Gasteiger partial charge is 0.0230 e. The number of rotatable bonds is 6. The Morgan fingerprint density at radius 2 is 1.45 bits per heavy atom. The molecule has 0 spiro atoms. The largest absolute Gasteiger partial charge is 0.302 e. The third-order valence-corrected chi connectivity index (χ3v) is 3.60. The van der Waals surface area contributed by atoms with E-state index in [4.69, 9.17) is 0 Å². The summed E-state index contributed by atoms with van der Waals surface area (Å²) < 4.78 is 0. The fraction of sp³-hybridized carbons (Fsp3) is 0.368. The lowest BCUT2D eigenvalue weighted by atomic mass is 10.0. The second kappa shape index (κ2) is 7.25. The molecule has 106 valence electrons. The molecule has 0 N–H and O–H groups in total. The lowest BCUT2D eigenvalue weighted by molar-refractivity contribution is 0.303. The molecule has 0 fully saturated rings. The first kappa shape index (κ1) is 14.8. The summed E-state index contributed by atoms with van der Waals surface area (Å²) in [6.45, 7) is 6.75. The summed E-state index contributed by atoms with van der Waals surface area (Å²) in [4.78, 5) is 2.40. The van der Waals surface area contributed by atoms with Crippen molar-refractivity contribution in [3.63, 3.8) is 0 Å². The van der Waals surface area contributed by atoms with Crippen molar-refractivity contribution >= 4 is 0 Å². The fourth-order valence-corrected chi connectivity index (χ4v) is 2.30. The summed E-state index contributed by atoms with van der Waals surface area (Å²) in [6, 6.07) is 19.5. The molecular formula is C19H25N. The van der Waals surface area contributed by atoms with Crippen LogP contribution in [0.3, 0.4) is 0 Å². The maximum Gasteiger partial charge on any atom is 0.0230 e. The molecule has 2 aromatic carbocycles. The molecule has 0 atom stereocenters. The van der Waals surface area contributed by atoms with Crippen LogP contribution in [0.1, 0.15) is 25.8 Å². The number of hydrogen-bond donors (Lipinski definition) is 0. The van der Waals surface area contributed by atoms with Crippen LogP contribution in [0.5, 0.6) is 0 Å². The van der Waals surface area contributed by atoms with Gasteiger partial charge in [0.15, 0.2) is 0 Å². The minimum Gasteiger partial charge on any atom is -0.302 e. The molecule has 0 heterocycles. The number of benzene rings is 2. The van der Waals surface area contributed by atoms with Gasteiger partial charge in [0.1, 0.15) is 0 Å². The van der Waals surface area contributed by atoms with E-state index in [0.29, 0.717) is 0 Å². The van der Waals surface area contributed by atoms with Crippen molar-refractivity contribution in [1.82, 2.24) is 4.90 Å². The highest BCUT2D eigenvalue weighted by atomic mass is 15.1. The van der Waals surface area contributed by atoms with E-state index in [9.17, 15) is 0 Å². The molecule has 0 saturated heterocycles. The average molecular weight is 267 g/mol. The van der Waals surface area contributed by atoms with Gasteiger partial charge in [0.05, 0.1) is 0 Å². The molecule has 0 saturated carbocycles. The van der Waals surface area contributed by atoms with Gasteiger partial charge in [-0.1, -0.05) is 68.4 Å². The van der Waals surface area contributed by atoms with Gasteiger partial charge in [0.25, 0.3) is 0 Å². The molecule has 0 bridgehead atoms. The Balaban J connectivity index is 1.95. The van der Waals surface area contributed by atoms with Gasteiger partial charge in [-0.25, -0.2) is 0 Å². The zero-order valence-corrected chi connectivity index (χ0v) is 12.8. The van der Waals surface area contributed by atoms with E-state index in [-0.39, 0.29) is 0 Å². The molecule has 1 heteroatoms. The van der Waals surface area contributed by atoms with Crippen LogP contribution in [-0.4, -0.2) is 18.5 Å². The van der Waals surface area contributed by atoms with Gasteiger partial charge in [0.2, 0.25) is 0 Å². The molecule has 0 aliphatic rings. The van der Waals surface area contributed by atoms with Crippen molar-refractivity contribution in [2.24, 2.45) is 5.92 Å².